The van der Waals surface area contributed by atoms with Crippen molar-refractivity contribution in [1.82, 2.24) is 9.80 Å². The van der Waals surface area contributed by atoms with Crippen molar-refractivity contribution >= 4 is 5.91 Å². The molecule has 2 N–H and O–H groups in total. The molecule has 1 saturated heterocycles. The van der Waals surface area contributed by atoms with Crippen LogP contribution in [0.4, 0.5) is 0 Å². The molecule has 0 aromatic heterocycles. The monoisotopic (exact) mass is 227 g/mol. The molecule has 1 heterocycles. The van der Waals surface area contributed by atoms with E-state index in [9.17, 15) is 4.79 Å². The number of hydrogen-bond acceptors (Lipinski definition) is 3. The van der Waals surface area contributed by atoms with Crippen molar-refractivity contribution in [3.63, 3.8) is 0 Å². The van der Waals surface area contributed by atoms with Crippen LogP contribution in [0.2, 0.25) is 0 Å². The normalized spacial score (nSPS) is 20.8. The van der Waals surface area contributed by atoms with Crippen LogP contribution >= 0.6 is 0 Å². The summed E-state index contributed by atoms with van der Waals surface area (Å²) in [5.41, 5.74) is 5.63. The molecule has 1 rings (SSSR count). The number of carbonyl (C=O) groups is 1. The van der Waals surface area contributed by atoms with Crippen LogP contribution in [0.25, 0.3) is 0 Å². The van der Waals surface area contributed by atoms with Gasteiger partial charge in [-0.05, 0) is 45.8 Å². The molecule has 0 bridgehead atoms. The van der Waals surface area contributed by atoms with Gasteiger partial charge >= 0.3 is 0 Å². The maximum Gasteiger partial charge on any atom is 0.223 e. The maximum atomic E-state index is 11.7. The molecule has 1 aliphatic rings. The van der Waals surface area contributed by atoms with Crippen LogP contribution in [-0.4, -0.2) is 55.5 Å². The second-order valence-corrected chi connectivity index (χ2v) is 5.20. The molecule has 0 saturated carbocycles. The summed E-state index contributed by atoms with van der Waals surface area (Å²) in [6, 6.07) is -0.0348. The zero-order valence-corrected chi connectivity index (χ0v) is 10.8. The Balaban J connectivity index is 2.28. The van der Waals surface area contributed by atoms with Crippen LogP contribution in [0.15, 0.2) is 0 Å². The van der Waals surface area contributed by atoms with E-state index in [0.29, 0.717) is 12.3 Å². The first-order valence-electron chi connectivity index (χ1n) is 6.17. The van der Waals surface area contributed by atoms with E-state index in [4.69, 9.17) is 5.73 Å². The topological polar surface area (TPSA) is 49.6 Å². The Morgan fingerprint density at radius 1 is 1.50 bits per heavy atom. The number of nitrogens with two attached hydrogens (primary N) is 1. The first kappa shape index (κ1) is 13.5. The number of rotatable bonds is 4. The quantitative estimate of drug-likeness (QED) is 0.762. The first-order valence-corrected chi connectivity index (χ1v) is 6.17. The molecule has 4 heteroatoms. The zero-order chi connectivity index (χ0) is 12.1. The first-order chi connectivity index (χ1) is 7.49. The van der Waals surface area contributed by atoms with E-state index in [1.165, 1.54) is 12.8 Å². The lowest BCUT2D eigenvalue weighted by atomic mass is 9.96. The lowest BCUT2D eigenvalue weighted by Crippen LogP contribution is -2.39. The van der Waals surface area contributed by atoms with Gasteiger partial charge in [0, 0.05) is 26.1 Å². The molecule has 1 atom stereocenters. The molecule has 0 aromatic rings. The fourth-order valence-electron chi connectivity index (χ4n) is 2.17. The zero-order valence-electron chi connectivity index (χ0n) is 10.8. The maximum absolute atomic E-state index is 11.7. The third-order valence-corrected chi connectivity index (χ3v) is 3.29. The molecule has 0 aromatic carbocycles. The molecule has 94 valence electrons. The van der Waals surface area contributed by atoms with Gasteiger partial charge in [-0.15, -0.1) is 0 Å². The summed E-state index contributed by atoms with van der Waals surface area (Å²) in [7, 11) is 4.05. The molecule has 16 heavy (non-hydrogen) atoms. The largest absolute Gasteiger partial charge is 0.345 e. The van der Waals surface area contributed by atoms with Gasteiger partial charge in [-0.3, -0.25) is 4.79 Å². The van der Waals surface area contributed by atoms with Gasteiger partial charge in [0.25, 0.3) is 0 Å². The Morgan fingerprint density at radius 3 is 2.56 bits per heavy atom. The standard InChI is InChI=1S/C12H25N3O/c1-10(13)8-12(16)15(3)9-11-4-6-14(2)7-5-11/h10-11H,4-9,13H2,1-3H3. The van der Waals surface area contributed by atoms with E-state index in [1.54, 1.807) is 0 Å². The summed E-state index contributed by atoms with van der Waals surface area (Å²) < 4.78 is 0. The Morgan fingerprint density at radius 2 is 2.06 bits per heavy atom. The molecule has 4 nitrogen and oxygen atoms in total. The van der Waals surface area contributed by atoms with Crippen molar-refractivity contribution < 1.29 is 4.79 Å². The number of amides is 1. The summed E-state index contributed by atoms with van der Waals surface area (Å²) in [6.07, 6.45) is 2.86. The van der Waals surface area contributed by atoms with Crippen LogP contribution in [0.5, 0.6) is 0 Å². The average molecular weight is 227 g/mol. The number of piperidine rings is 1. The predicted octanol–water partition coefficient (Wildman–Crippen LogP) is 0.524. The van der Waals surface area contributed by atoms with Crippen molar-refractivity contribution in [1.29, 1.82) is 0 Å². The molecule has 0 spiro atoms. The van der Waals surface area contributed by atoms with Crippen molar-refractivity contribution in [2.24, 2.45) is 11.7 Å². The summed E-state index contributed by atoms with van der Waals surface area (Å²) >= 11 is 0. The molecule has 0 aliphatic carbocycles. The molecule has 1 fully saturated rings. The number of nitrogens with zero attached hydrogens (tertiary/aromatic N) is 2. The molecular weight excluding hydrogens is 202 g/mol. The number of hydrogen-bond donors (Lipinski definition) is 1. The second kappa shape index (κ2) is 6.21. The van der Waals surface area contributed by atoms with Crippen LogP contribution in [-0.2, 0) is 4.79 Å². The Hall–Kier alpha value is -0.610. The highest BCUT2D eigenvalue weighted by atomic mass is 16.2. The fraction of sp³-hybridized carbons (Fsp3) is 0.917. The third kappa shape index (κ3) is 4.49. The van der Waals surface area contributed by atoms with Crippen molar-refractivity contribution in [2.45, 2.75) is 32.2 Å². The highest BCUT2D eigenvalue weighted by molar-refractivity contribution is 5.76. The molecule has 1 unspecified atom stereocenters. The van der Waals surface area contributed by atoms with Gasteiger partial charge in [-0.1, -0.05) is 0 Å². The SMILES string of the molecule is CC(N)CC(=O)N(C)CC1CCN(C)CC1. The molecule has 0 radical (unpaired) electrons. The van der Waals surface area contributed by atoms with Gasteiger partial charge in [0.1, 0.15) is 0 Å². The minimum atomic E-state index is -0.0348. The molecule has 1 aliphatic heterocycles. The Labute approximate surface area is 98.8 Å². The predicted molar refractivity (Wildman–Crippen MR) is 66.1 cm³/mol. The van der Waals surface area contributed by atoms with Crippen LogP contribution < -0.4 is 5.73 Å². The van der Waals surface area contributed by atoms with Gasteiger partial charge in [0.15, 0.2) is 0 Å². The van der Waals surface area contributed by atoms with Crippen LogP contribution in [0, 0.1) is 5.92 Å². The lowest BCUT2D eigenvalue weighted by molar-refractivity contribution is -0.130. The average Bonchev–Trinajstić information content (AvgIpc) is 2.20. The van der Waals surface area contributed by atoms with E-state index in [0.717, 1.165) is 19.6 Å². The number of carbonyl (C=O) groups excluding carboxylic acids is 1. The second-order valence-electron chi connectivity index (χ2n) is 5.20. The van der Waals surface area contributed by atoms with Crippen molar-refractivity contribution in [2.75, 3.05) is 33.7 Å². The third-order valence-electron chi connectivity index (χ3n) is 3.29. The van der Waals surface area contributed by atoms with Gasteiger partial charge in [0.2, 0.25) is 5.91 Å². The highest BCUT2D eigenvalue weighted by Gasteiger charge is 2.20. The lowest BCUT2D eigenvalue weighted by Gasteiger charge is -2.31. The van der Waals surface area contributed by atoms with Gasteiger partial charge in [-0.25, -0.2) is 0 Å². The van der Waals surface area contributed by atoms with Crippen LogP contribution in [0.1, 0.15) is 26.2 Å². The van der Waals surface area contributed by atoms with E-state index < -0.39 is 0 Å². The van der Waals surface area contributed by atoms with E-state index in [1.807, 2.05) is 18.9 Å². The number of likely N-dealkylation sites (tertiary alicyclic amines) is 1. The van der Waals surface area contributed by atoms with E-state index in [-0.39, 0.29) is 11.9 Å². The fourth-order valence-corrected chi connectivity index (χ4v) is 2.17. The van der Waals surface area contributed by atoms with Crippen LogP contribution in [0.3, 0.4) is 0 Å². The smallest absolute Gasteiger partial charge is 0.223 e. The van der Waals surface area contributed by atoms with Crippen molar-refractivity contribution in [3.8, 4) is 0 Å². The summed E-state index contributed by atoms with van der Waals surface area (Å²) in [5, 5.41) is 0. The van der Waals surface area contributed by atoms with Gasteiger partial charge < -0.3 is 15.5 Å². The van der Waals surface area contributed by atoms with Gasteiger partial charge in [-0.2, -0.15) is 0 Å². The van der Waals surface area contributed by atoms with Crippen molar-refractivity contribution in [3.05, 3.63) is 0 Å². The summed E-state index contributed by atoms with van der Waals surface area (Å²) in [4.78, 5) is 15.9. The molecular formula is C12H25N3O. The summed E-state index contributed by atoms with van der Waals surface area (Å²) in [5.74, 6) is 0.840. The molecule has 1 amide bonds. The Bertz CT molecular complexity index is 222. The summed E-state index contributed by atoms with van der Waals surface area (Å²) in [6.45, 7) is 5.07. The highest BCUT2D eigenvalue weighted by Crippen LogP contribution is 2.17. The minimum absolute atomic E-state index is 0.0348. The van der Waals surface area contributed by atoms with E-state index in [2.05, 4.69) is 11.9 Å². The minimum Gasteiger partial charge on any atom is -0.345 e. The van der Waals surface area contributed by atoms with Gasteiger partial charge in [0.05, 0.1) is 0 Å². The van der Waals surface area contributed by atoms with E-state index >= 15 is 0 Å². The Kier molecular flexibility index (Phi) is 5.22.